The van der Waals surface area contributed by atoms with Gasteiger partial charge in [0.05, 0.1) is 19.2 Å². The fraction of sp³-hybridized carbons (Fsp3) is 0.700. The predicted octanol–water partition coefficient (Wildman–Crippen LogP) is 0.711. The molecule has 4 heteroatoms. The van der Waals surface area contributed by atoms with Crippen LogP contribution in [0.15, 0.2) is 11.4 Å². The molecule has 0 bridgehead atoms. The Bertz CT molecular complexity index is 273. The maximum atomic E-state index is 11.5. The van der Waals surface area contributed by atoms with Crippen molar-refractivity contribution in [1.29, 1.82) is 0 Å². The van der Waals surface area contributed by atoms with Gasteiger partial charge in [-0.25, -0.2) is 0 Å². The van der Waals surface area contributed by atoms with E-state index < -0.39 is 0 Å². The molecule has 2 N–H and O–H groups in total. The second kappa shape index (κ2) is 3.90. The third-order valence-corrected chi connectivity index (χ3v) is 2.78. The highest BCUT2D eigenvalue weighted by atomic mass is 16.5. The quantitative estimate of drug-likeness (QED) is 0.639. The first-order chi connectivity index (χ1) is 6.81. The van der Waals surface area contributed by atoms with Crippen molar-refractivity contribution in [2.45, 2.75) is 26.2 Å². The normalized spacial score (nSPS) is 25.1. The Morgan fingerprint density at radius 3 is 3.07 bits per heavy atom. The van der Waals surface area contributed by atoms with Crippen LogP contribution in [0.2, 0.25) is 0 Å². The molecule has 0 fully saturated rings. The van der Waals surface area contributed by atoms with Gasteiger partial charge in [0.25, 0.3) is 0 Å². The molecule has 1 aliphatic carbocycles. The molecular weight excluding hydrogens is 180 g/mol. The van der Waals surface area contributed by atoms with Gasteiger partial charge in [-0.3, -0.25) is 4.79 Å². The number of allylic oxidation sites excluding steroid dienone is 2. The molecule has 0 amide bonds. The van der Waals surface area contributed by atoms with Crippen LogP contribution in [0.1, 0.15) is 26.2 Å². The van der Waals surface area contributed by atoms with Gasteiger partial charge in [-0.2, -0.15) is 0 Å². The highest BCUT2D eigenvalue weighted by Gasteiger charge is 2.29. The van der Waals surface area contributed by atoms with Crippen molar-refractivity contribution in [2.24, 2.45) is 5.92 Å². The molecule has 2 aliphatic rings. The zero-order valence-electron chi connectivity index (χ0n) is 8.43. The number of carbonyl (C=O) groups is 1. The summed E-state index contributed by atoms with van der Waals surface area (Å²) in [6.45, 7) is 3.13. The van der Waals surface area contributed by atoms with Gasteiger partial charge in [-0.1, -0.05) is 0 Å². The molecule has 0 unspecified atom stereocenters. The lowest BCUT2D eigenvalue weighted by Gasteiger charge is -2.21. The molecule has 0 saturated carbocycles. The second-order valence-corrected chi connectivity index (χ2v) is 3.68. The molecule has 0 aromatic carbocycles. The van der Waals surface area contributed by atoms with E-state index in [1.165, 1.54) is 11.4 Å². The Balaban J connectivity index is 1.96. The van der Waals surface area contributed by atoms with E-state index in [-0.39, 0.29) is 11.9 Å². The Labute approximate surface area is 83.7 Å². The van der Waals surface area contributed by atoms with E-state index in [0.717, 1.165) is 25.9 Å². The van der Waals surface area contributed by atoms with Crippen molar-refractivity contribution in [3.8, 4) is 0 Å². The van der Waals surface area contributed by atoms with Gasteiger partial charge < -0.3 is 15.4 Å². The number of rotatable bonds is 2. The molecule has 2 rings (SSSR count). The highest BCUT2D eigenvalue weighted by molar-refractivity contribution is 5.73. The minimum atomic E-state index is -0.0484. The third-order valence-electron chi connectivity index (χ3n) is 2.78. The zero-order valence-corrected chi connectivity index (χ0v) is 8.43. The number of hydrogen-bond acceptors (Lipinski definition) is 4. The van der Waals surface area contributed by atoms with Crippen molar-refractivity contribution >= 4 is 5.97 Å². The number of carbonyl (C=O) groups excluding carboxylic acids is 1. The Kier molecular flexibility index (Phi) is 2.61. The SMILES string of the molecule is CCOC(=O)[C@@H]1CCC2=C(C1)NCN2. The van der Waals surface area contributed by atoms with Crippen LogP contribution in [-0.4, -0.2) is 19.2 Å². The van der Waals surface area contributed by atoms with Gasteiger partial charge in [0.2, 0.25) is 0 Å². The predicted molar refractivity (Wildman–Crippen MR) is 52.1 cm³/mol. The largest absolute Gasteiger partial charge is 0.466 e. The lowest BCUT2D eigenvalue weighted by molar-refractivity contribution is -0.148. The fourth-order valence-corrected chi connectivity index (χ4v) is 2.03. The smallest absolute Gasteiger partial charge is 0.309 e. The Hall–Kier alpha value is -1.19. The van der Waals surface area contributed by atoms with E-state index in [1.54, 1.807) is 0 Å². The summed E-state index contributed by atoms with van der Waals surface area (Å²) >= 11 is 0. The van der Waals surface area contributed by atoms with Gasteiger partial charge in [0.1, 0.15) is 0 Å². The monoisotopic (exact) mass is 196 g/mol. The van der Waals surface area contributed by atoms with Crippen LogP contribution in [0, 0.1) is 5.92 Å². The van der Waals surface area contributed by atoms with E-state index in [0.29, 0.717) is 6.61 Å². The molecule has 0 aromatic rings. The van der Waals surface area contributed by atoms with Crippen LogP contribution in [-0.2, 0) is 9.53 Å². The summed E-state index contributed by atoms with van der Waals surface area (Å²) in [5.41, 5.74) is 2.49. The Morgan fingerprint density at radius 2 is 2.29 bits per heavy atom. The molecule has 14 heavy (non-hydrogen) atoms. The summed E-state index contributed by atoms with van der Waals surface area (Å²) in [7, 11) is 0. The maximum absolute atomic E-state index is 11.5. The topological polar surface area (TPSA) is 50.4 Å². The van der Waals surface area contributed by atoms with E-state index >= 15 is 0 Å². The molecular formula is C10H16N2O2. The fourth-order valence-electron chi connectivity index (χ4n) is 2.03. The molecule has 0 saturated heterocycles. The van der Waals surface area contributed by atoms with Crippen molar-refractivity contribution < 1.29 is 9.53 Å². The molecule has 1 aliphatic heterocycles. The summed E-state index contributed by atoms with van der Waals surface area (Å²) in [5.74, 6) is 0.00819. The van der Waals surface area contributed by atoms with Crippen LogP contribution in [0.3, 0.4) is 0 Å². The number of hydrogen-bond donors (Lipinski definition) is 2. The van der Waals surface area contributed by atoms with E-state index in [4.69, 9.17) is 4.74 Å². The van der Waals surface area contributed by atoms with Crippen molar-refractivity contribution in [3.05, 3.63) is 11.4 Å². The van der Waals surface area contributed by atoms with Crippen molar-refractivity contribution in [2.75, 3.05) is 13.3 Å². The molecule has 1 heterocycles. The van der Waals surface area contributed by atoms with Crippen LogP contribution in [0.4, 0.5) is 0 Å². The van der Waals surface area contributed by atoms with Gasteiger partial charge in [-0.15, -0.1) is 0 Å². The first-order valence-electron chi connectivity index (χ1n) is 5.17. The minimum Gasteiger partial charge on any atom is -0.466 e. The average Bonchev–Trinajstić information content (AvgIpc) is 2.64. The van der Waals surface area contributed by atoms with Crippen LogP contribution < -0.4 is 10.6 Å². The van der Waals surface area contributed by atoms with E-state index in [1.807, 2.05) is 6.92 Å². The molecule has 0 aromatic heterocycles. The highest BCUT2D eigenvalue weighted by Crippen LogP contribution is 2.29. The lowest BCUT2D eigenvalue weighted by Crippen LogP contribution is -2.23. The van der Waals surface area contributed by atoms with E-state index in [9.17, 15) is 4.79 Å². The van der Waals surface area contributed by atoms with Crippen LogP contribution in [0.25, 0.3) is 0 Å². The summed E-state index contributed by atoms with van der Waals surface area (Å²) in [5, 5.41) is 6.51. The second-order valence-electron chi connectivity index (χ2n) is 3.68. The van der Waals surface area contributed by atoms with Crippen molar-refractivity contribution in [1.82, 2.24) is 10.6 Å². The first-order valence-corrected chi connectivity index (χ1v) is 5.17. The van der Waals surface area contributed by atoms with Crippen LogP contribution in [0.5, 0.6) is 0 Å². The summed E-state index contributed by atoms with van der Waals surface area (Å²) in [6, 6.07) is 0. The maximum Gasteiger partial charge on any atom is 0.309 e. The van der Waals surface area contributed by atoms with Gasteiger partial charge in [0, 0.05) is 17.8 Å². The van der Waals surface area contributed by atoms with Gasteiger partial charge >= 0.3 is 5.97 Å². The summed E-state index contributed by atoms with van der Waals surface area (Å²) < 4.78 is 5.02. The number of ether oxygens (including phenoxy) is 1. The first kappa shape index (κ1) is 9.37. The Morgan fingerprint density at radius 1 is 1.50 bits per heavy atom. The lowest BCUT2D eigenvalue weighted by atomic mass is 9.90. The van der Waals surface area contributed by atoms with E-state index in [2.05, 4.69) is 10.6 Å². The minimum absolute atomic E-state index is 0.0484. The third kappa shape index (κ3) is 1.69. The molecule has 78 valence electrons. The average molecular weight is 196 g/mol. The molecule has 4 nitrogen and oxygen atoms in total. The molecule has 0 spiro atoms. The number of nitrogens with one attached hydrogen (secondary N) is 2. The summed E-state index contributed by atoms with van der Waals surface area (Å²) in [4.78, 5) is 11.5. The van der Waals surface area contributed by atoms with Crippen LogP contribution >= 0.6 is 0 Å². The van der Waals surface area contributed by atoms with Gasteiger partial charge in [0.15, 0.2) is 0 Å². The number of esters is 1. The summed E-state index contributed by atoms with van der Waals surface area (Å²) in [6.07, 6.45) is 2.68. The zero-order chi connectivity index (χ0) is 9.97. The molecule has 0 radical (unpaired) electrons. The van der Waals surface area contributed by atoms with Crippen molar-refractivity contribution in [3.63, 3.8) is 0 Å². The standard InChI is InChI=1S/C10H16N2O2/c1-2-14-10(13)7-3-4-8-9(5-7)12-6-11-8/h7,11-12H,2-6H2,1H3/t7-/m1/s1. The van der Waals surface area contributed by atoms with Gasteiger partial charge in [-0.05, 0) is 19.8 Å². The molecule has 1 atom stereocenters.